The third-order valence-corrected chi connectivity index (χ3v) is 3.23. The van der Waals surface area contributed by atoms with Crippen molar-refractivity contribution in [3.8, 4) is 6.07 Å². The Morgan fingerprint density at radius 2 is 1.88 bits per heavy atom. The zero-order valence-electron chi connectivity index (χ0n) is 10.6. The van der Waals surface area contributed by atoms with Gasteiger partial charge in [-0.25, -0.2) is 4.79 Å². The SMILES string of the molecule is Cc1c(Br)c(C#N)c(C)n1C(=O)OC(C)(C)C. The number of nitriles is 1. The number of rotatable bonds is 0. The van der Waals surface area contributed by atoms with Crippen LogP contribution in [0.2, 0.25) is 0 Å². The third-order valence-electron chi connectivity index (χ3n) is 2.26. The van der Waals surface area contributed by atoms with Crippen molar-refractivity contribution in [3.05, 3.63) is 21.4 Å². The Morgan fingerprint density at radius 1 is 1.35 bits per heavy atom. The van der Waals surface area contributed by atoms with Crippen LogP contribution < -0.4 is 0 Å². The zero-order chi connectivity index (χ0) is 13.4. The van der Waals surface area contributed by atoms with Gasteiger partial charge in [-0.1, -0.05) is 0 Å². The van der Waals surface area contributed by atoms with Crippen molar-refractivity contribution < 1.29 is 9.53 Å². The fourth-order valence-electron chi connectivity index (χ4n) is 1.51. The molecule has 0 saturated carbocycles. The number of aromatic nitrogens is 1. The summed E-state index contributed by atoms with van der Waals surface area (Å²) in [5, 5.41) is 9.01. The van der Waals surface area contributed by atoms with Crippen molar-refractivity contribution in [1.29, 1.82) is 5.26 Å². The highest BCUT2D eigenvalue weighted by Crippen LogP contribution is 2.27. The lowest BCUT2D eigenvalue weighted by Crippen LogP contribution is -2.28. The van der Waals surface area contributed by atoms with E-state index in [0.717, 1.165) is 0 Å². The third kappa shape index (κ3) is 2.70. The Balaban J connectivity index is 3.25. The number of nitrogens with zero attached hydrogens (tertiary/aromatic N) is 2. The number of halogens is 1. The first-order chi connectivity index (χ1) is 7.69. The maximum absolute atomic E-state index is 12.0. The number of ether oxygens (including phenoxy) is 1. The average molecular weight is 299 g/mol. The summed E-state index contributed by atoms with van der Waals surface area (Å²) in [5.74, 6) is 0. The summed E-state index contributed by atoms with van der Waals surface area (Å²) in [4.78, 5) is 12.0. The average Bonchev–Trinajstić information content (AvgIpc) is 2.35. The van der Waals surface area contributed by atoms with Crippen LogP contribution >= 0.6 is 15.9 Å². The molecule has 1 rings (SSSR count). The molecule has 0 saturated heterocycles. The van der Waals surface area contributed by atoms with Crippen LogP contribution in [0.15, 0.2) is 4.47 Å². The Hall–Kier alpha value is -1.28. The molecule has 1 aromatic heterocycles. The first kappa shape index (κ1) is 13.8. The highest BCUT2D eigenvalue weighted by atomic mass is 79.9. The van der Waals surface area contributed by atoms with Crippen LogP contribution in [-0.2, 0) is 4.74 Å². The molecule has 5 heteroatoms. The van der Waals surface area contributed by atoms with E-state index in [1.165, 1.54) is 4.57 Å². The minimum Gasteiger partial charge on any atom is -0.443 e. The molecule has 0 fully saturated rings. The molecule has 1 aromatic rings. The fraction of sp³-hybridized carbons (Fsp3) is 0.500. The smallest absolute Gasteiger partial charge is 0.419 e. The molecular weight excluding hydrogens is 284 g/mol. The molecule has 0 bridgehead atoms. The summed E-state index contributed by atoms with van der Waals surface area (Å²) in [7, 11) is 0. The van der Waals surface area contributed by atoms with Crippen molar-refractivity contribution in [2.24, 2.45) is 0 Å². The monoisotopic (exact) mass is 298 g/mol. The van der Waals surface area contributed by atoms with Crippen molar-refractivity contribution >= 4 is 22.0 Å². The topological polar surface area (TPSA) is 55.0 Å². The van der Waals surface area contributed by atoms with Gasteiger partial charge in [-0.2, -0.15) is 5.26 Å². The number of carbonyl (C=O) groups is 1. The molecule has 92 valence electrons. The lowest BCUT2D eigenvalue weighted by molar-refractivity contribution is 0.0531. The minimum atomic E-state index is -0.556. The molecule has 0 spiro atoms. The summed E-state index contributed by atoms with van der Waals surface area (Å²) in [6.45, 7) is 8.90. The van der Waals surface area contributed by atoms with Gasteiger partial charge in [0.1, 0.15) is 11.7 Å². The van der Waals surface area contributed by atoms with E-state index in [4.69, 9.17) is 10.00 Å². The van der Waals surface area contributed by atoms with Gasteiger partial charge >= 0.3 is 6.09 Å². The highest BCUT2D eigenvalue weighted by molar-refractivity contribution is 9.10. The van der Waals surface area contributed by atoms with Crippen LogP contribution in [-0.4, -0.2) is 16.3 Å². The van der Waals surface area contributed by atoms with Crippen molar-refractivity contribution in [2.45, 2.75) is 40.2 Å². The van der Waals surface area contributed by atoms with Crippen LogP contribution in [0.5, 0.6) is 0 Å². The quantitative estimate of drug-likeness (QED) is 0.736. The Morgan fingerprint density at radius 3 is 2.24 bits per heavy atom. The van der Waals surface area contributed by atoms with Crippen molar-refractivity contribution in [3.63, 3.8) is 0 Å². The molecule has 0 aliphatic heterocycles. The molecule has 0 unspecified atom stereocenters. The van der Waals surface area contributed by atoms with E-state index in [-0.39, 0.29) is 0 Å². The standard InChI is InChI=1S/C12H15BrN2O2/c1-7-9(6-14)10(13)8(2)15(7)11(16)17-12(3,4)5/h1-5H3. The molecule has 0 atom stereocenters. The molecule has 1 heterocycles. The van der Waals surface area contributed by atoms with Crippen LogP contribution in [0, 0.1) is 25.2 Å². The second kappa shape index (κ2) is 4.53. The van der Waals surface area contributed by atoms with Gasteiger partial charge in [0.2, 0.25) is 0 Å². The fourth-order valence-corrected chi connectivity index (χ4v) is 2.07. The largest absolute Gasteiger partial charge is 0.443 e. The van der Waals surface area contributed by atoms with Crippen LogP contribution in [0.25, 0.3) is 0 Å². The number of carbonyl (C=O) groups excluding carboxylic acids is 1. The van der Waals surface area contributed by atoms with Crippen LogP contribution in [0.1, 0.15) is 37.7 Å². The summed E-state index contributed by atoms with van der Waals surface area (Å²) >= 11 is 3.31. The van der Waals surface area contributed by atoms with Crippen LogP contribution in [0.3, 0.4) is 0 Å². The lowest BCUT2D eigenvalue weighted by Gasteiger charge is -2.20. The summed E-state index contributed by atoms with van der Waals surface area (Å²) < 4.78 is 7.34. The van der Waals surface area contributed by atoms with Crippen molar-refractivity contribution in [2.75, 3.05) is 0 Å². The molecule has 0 aliphatic carbocycles. The van der Waals surface area contributed by atoms with Gasteiger partial charge in [0, 0.05) is 11.4 Å². The van der Waals surface area contributed by atoms with E-state index in [2.05, 4.69) is 22.0 Å². The number of hydrogen-bond donors (Lipinski definition) is 0. The van der Waals surface area contributed by atoms with E-state index in [0.29, 0.717) is 21.4 Å². The van der Waals surface area contributed by atoms with Gasteiger partial charge in [-0.3, -0.25) is 4.57 Å². The summed E-state index contributed by atoms with van der Waals surface area (Å²) in [6, 6.07) is 2.07. The van der Waals surface area contributed by atoms with Gasteiger partial charge in [0.05, 0.1) is 10.0 Å². The van der Waals surface area contributed by atoms with E-state index in [1.807, 2.05) is 0 Å². The predicted octanol–water partition coefficient (Wildman–Crippen LogP) is 3.52. The van der Waals surface area contributed by atoms with E-state index < -0.39 is 11.7 Å². The molecule has 0 N–H and O–H groups in total. The first-order valence-corrected chi connectivity index (χ1v) is 5.99. The van der Waals surface area contributed by atoms with Gasteiger partial charge in [0.25, 0.3) is 0 Å². The van der Waals surface area contributed by atoms with E-state index >= 15 is 0 Å². The minimum absolute atomic E-state index is 0.463. The Labute approximate surface area is 109 Å². The maximum Gasteiger partial charge on any atom is 0.419 e. The highest BCUT2D eigenvalue weighted by Gasteiger charge is 2.24. The normalized spacial score (nSPS) is 11.1. The molecule has 0 radical (unpaired) electrons. The zero-order valence-corrected chi connectivity index (χ0v) is 12.2. The Bertz CT molecular complexity index is 504. The van der Waals surface area contributed by atoms with Gasteiger partial charge in [0.15, 0.2) is 0 Å². The molecular formula is C12H15BrN2O2. The van der Waals surface area contributed by atoms with Gasteiger partial charge in [-0.15, -0.1) is 0 Å². The number of hydrogen-bond acceptors (Lipinski definition) is 3. The maximum atomic E-state index is 12.0. The first-order valence-electron chi connectivity index (χ1n) is 5.20. The van der Waals surface area contributed by atoms with Crippen molar-refractivity contribution in [1.82, 2.24) is 4.57 Å². The van der Waals surface area contributed by atoms with Gasteiger partial charge in [-0.05, 0) is 50.5 Å². The molecule has 0 aliphatic rings. The Kier molecular flexibility index (Phi) is 3.68. The second-order valence-electron chi connectivity index (χ2n) is 4.79. The van der Waals surface area contributed by atoms with Gasteiger partial charge < -0.3 is 4.74 Å². The summed E-state index contributed by atoms with van der Waals surface area (Å²) in [6.07, 6.45) is -0.463. The molecule has 17 heavy (non-hydrogen) atoms. The second-order valence-corrected chi connectivity index (χ2v) is 5.58. The lowest BCUT2D eigenvalue weighted by atomic mass is 10.2. The van der Waals surface area contributed by atoms with Crippen LogP contribution in [0.4, 0.5) is 4.79 Å². The molecule has 4 nitrogen and oxygen atoms in total. The molecule has 0 aromatic carbocycles. The molecule has 0 amide bonds. The van der Waals surface area contributed by atoms with E-state index in [9.17, 15) is 4.79 Å². The predicted molar refractivity (Wildman–Crippen MR) is 68.0 cm³/mol. The van der Waals surface area contributed by atoms with E-state index in [1.54, 1.807) is 34.6 Å². The summed E-state index contributed by atoms with van der Waals surface area (Å²) in [5.41, 5.74) is 1.17.